The zero-order valence-corrected chi connectivity index (χ0v) is 9.14. The van der Waals surface area contributed by atoms with Crippen LogP contribution in [0.2, 0.25) is 0 Å². The fourth-order valence-corrected chi connectivity index (χ4v) is 2.02. The van der Waals surface area contributed by atoms with Gasteiger partial charge < -0.3 is 5.32 Å². The van der Waals surface area contributed by atoms with E-state index in [9.17, 15) is 0 Å². The number of aromatic nitrogens is 2. The average molecular weight is 207 g/mol. The molecule has 1 atom stereocenters. The van der Waals surface area contributed by atoms with Crippen LogP contribution in [0, 0.1) is 0 Å². The van der Waals surface area contributed by atoms with E-state index in [4.69, 9.17) is 0 Å². The largest absolute Gasteiger partial charge is 0.366 e. The highest BCUT2D eigenvalue weighted by Gasteiger charge is 2.06. The SMILES string of the molecule is CCC(C)Nc1ncnc2ccsc12. The molecule has 0 radical (unpaired) electrons. The first-order valence-corrected chi connectivity index (χ1v) is 5.64. The zero-order chi connectivity index (χ0) is 9.97. The molecule has 0 saturated carbocycles. The van der Waals surface area contributed by atoms with Gasteiger partial charge in [-0.3, -0.25) is 0 Å². The minimum atomic E-state index is 0.454. The Balaban J connectivity index is 2.36. The molecular formula is C10H13N3S. The van der Waals surface area contributed by atoms with Gasteiger partial charge in [0.15, 0.2) is 0 Å². The summed E-state index contributed by atoms with van der Waals surface area (Å²) in [5, 5.41) is 5.42. The van der Waals surface area contributed by atoms with Crippen molar-refractivity contribution in [3.8, 4) is 0 Å². The number of rotatable bonds is 3. The standard InChI is InChI=1S/C10H13N3S/c1-3-7(2)13-10-9-8(4-5-14-9)11-6-12-10/h4-7H,3H2,1-2H3,(H,11,12,13). The lowest BCUT2D eigenvalue weighted by molar-refractivity contribution is 0.760. The summed E-state index contributed by atoms with van der Waals surface area (Å²) in [6.45, 7) is 4.31. The molecule has 0 saturated heterocycles. The molecule has 1 unspecified atom stereocenters. The van der Waals surface area contributed by atoms with Gasteiger partial charge in [-0.15, -0.1) is 11.3 Å². The summed E-state index contributed by atoms with van der Waals surface area (Å²) < 4.78 is 1.15. The van der Waals surface area contributed by atoms with Crippen LogP contribution < -0.4 is 5.32 Å². The molecule has 0 aliphatic rings. The van der Waals surface area contributed by atoms with Crippen molar-refractivity contribution in [1.82, 2.24) is 9.97 Å². The Labute approximate surface area is 87.2 Å². The maximum atomic E-state index is 4.26. The van der Waals surface area contributed by atoms with Crippen molar-refractivity contribution in [2.45, 2.75) is 26.3 Å². The van der Waals surface area contributed by atoms with Gasteiger partial charge in [-0.1, -0.05) is 6.92 Å². The molecule has 3 nitrogen and oxygen atoms in total. The second-order valence-electron chi connectivity index (χ2n) is 3.31. The van der Waals surface area contributed by atoms with Gasteiger partial charge in [0.25, 0.3) is 0 Å². The van der Waals surface area contributed by atoms with E-state index in [0.717, 1.165) is 22.5 Å². The van der Waals surface area contributed by atoms with Crippen LogP contribution in [0.25, 0.3) is 10.2 Å². The Hall–Kier alpha value is -1.16. The van der Waals surface area contributed by atoms with Gasteiger partial charge in [-0.2, -0.15) is 0 Å². The molecule has 0 amide bonds. The molecule has 0 aliphatic carbocycles. The van der Waals surface area contributed by atoms with Gasteiger partial charge in [0.2, 0.25) is 0 Å². The van der Waals surface area contributed by atoms with Crippen LogP contribution in [-0.2, 0) is 0 Å². The van der Waals surface area contributed by atoms with E-state index in [-0.39, 0.29) is 0 Å². The van der Waals surface area contributed by atoms with Crippen molar-refractivity contribution in [3.05, 3.63) is 17.8 Å². The predicted octanol–water partition coefficient (Wildman–Crippen LogP) is 2.90. The van der Waals surface area contributed by atoms with Crippen LogP contribution in [0.4, 0.5) is 5.82 Å². The van der Waals surface area contributed by atoms with Crippen molar-refractivity contribution in [2.75, 3.05) is 5.32 Å². The summed E-state index contributed by atoms with van der Waals surface area (Å²) >= 11 is 1.68. The summed E-state index contributed by atoms with van der Waals surface area (Å²) in [5.41, 5.74) is 1.02. The fourth-order valence-electron chi connectivity index (χ4n) is 1.23. The number of nitrogens with one attached hydrogen (secondary N) is 1. The molecule has 2 aromatic heterocycles. The van der Waals surface area contributed by atoms with Gasteiger partial charge in [0.05, 0.1) is 10.2 Å². The van der Waals surface area contributed by atoms with E-state index < -0.39 is 0 Å². The topological polar surface area (TPSA) is 37.8 Å². The third kappa shape index (κ3) is 1.70. The molecule has 74 valence electrons. The summed E-state index contributed by atoms with van der Waals surface area (Å²) in [6, 6.07) is 2.47. The number of hydrogen-bond acceptors (Lipinski definition) is 4. The Morgan fingerprint density at radius 1 is 1.50 bits per heavy atom. The highest BCUT2D eigenvalue weighted by Crippen LogP contribution is 2.25. The molecule has 2 rings (SSSR count). The Morgan fingerprint density at radius 2 is 2.36 bits per heavy atom. The molecule has 0 spiro atoms. The number of nitrogens with zero attached hydrogens (tertiary/aromatic N) is 2. The quantitative estimate of drug-likeness (QED) is 0.841. The van der Waals surface area contributed by atoms with Crippen LogP contribution in [0.1, 0.15) is 20.3 Å². The summed E-state index contributed by atoms with van der Waals surface area (Å²) in [5.74, 6) is 0.958. The molecule has 0 bridgehead atoms. The number of anilines is 1. The third-order valence-electron chi connectivity index (χ3n) is 2.24. The zero-order valence-electron chi connectivity index (χ0n) is 8.32. The van der Waals surface area contributed by atoms with E-state index in [1.54, 1.807) is 17.7 Å². The Kier molecular flexibility index (Phi) is 2.63. The van der Waals surface area contributed by atoms with E-state index in [1.807, 2.05) is 11.4 Å². The smallest absolute Gasteiger partial charge is 0.147 e. The summed E-state index contributed by atoms with van der Waals surface area (Å²) in [7, 11) is 0. The lowest BCUT2D eigenvalue weighted by atomic mass is 10.2. The number of thiophene rings is 1. The maximum absolute atomic E-state index is 4.26. The van der Waals surface area contributed by atoms with Crippen LogP contribution >= 0.6 is 11.3 Å². The Morgan fingerprint density at radius 3 is 3.14 bits per heavy atom. The van der Waals surface area contributed by atoms with Gasteiger partial charge in [0, 0.05) is 6.04 Å². The molecule has 2 heterocycles. The lowest BCUT2D eigenvalue weighted by Crippen LogP contribution is -2.14. The molecule has 0 aliphatic heterocycles. The average Bonchev–Trinajstić information content (AvgIpc) is 2.66. The van der Waals surface area contributed by atoms with Crippen LogP contribution in [0.5, 0.6) is 0 Å². The highest BCUT2D eigenvalue weighted by molar-refractivity contribution is 7.17. The highest BCUT2D eigenvalue weighted by atomic mass is 32.1. The van der Waals surface area contributed by atoms with Crippen LogP contribution in [-0.4, -0.2) is 16.0 Å². The summed E-state index contributed by atoms with van der Waals surface area (Å²) in [6.07, 6.45) is 2.70. The Bertz CT molecular complexity index is 424. The molecule has 0 fully saturated rings. The van der Waals surface area contributed by atoms with E-state index in [2.05, 4.69) is 29.1 Å². The first-order valence-electron chi connectivity index (χ1n) is 4.76. The minimum Gasteiger partial charge on any atom is -0.366 e. The third-order valence-corrected chi connectivity index (χ3v) is 3.15. The van der Waals surface area contributed by atoms with Crippen molar-refractivity contribution in [3.63, 3.8) is 0 Å². The van der Waals surface area contributed by atoms with Crippen molar-refractivity contribution in [2.24, 2.45) is 0 Å². The normalized spacial score (nSPS) is 13.0. The molecule has 0 aromatic carbocycles. The maximum Gasteiger partial charge on any atom is 0.147 e. The van der Waals surface area contributed by atoms with Gasteiger partial charge in [-0.05, 0) is 24.8 Å². The predicted molar refractivity (Wildman–Crippen MR) is 60.8 cm³/mol. The van der Waals surface area contributed by atoms with Gasteiger partial charge >= 0.3 is 0 Å². The molecule has 14 heavy (non-hydrogen) atoms. The van der Waals surface area contributed by atoms with Crippen molar-refractivity contribution < 1.29 is 0 Å². The van der Waals surface area contributed by atoms with Gasteiger partial charge in [-0.25, -0.2) is 9.97 Å². The summed E-state index contributed by atoms with van der Waals surface area (Å²) in [4.78, 5) is 8.45. The van der Waals surface area contributed by atoms with Gasteiger partial charge in [0.1, 0.15) is 12.1 Å². The molecule has 4 heteroatoms. The molecule has 2 aromatic rings. The second kappa shape index (κ2) is 3.92. The molecular weight excluding hydrogens is 194 g/mol. The number of fused-ring (bicyclic) bond motifs is 1. The first kappa shape index (κ1) is 9.40. The number of hydrogen-bond donors (Lipinski definition) is 1. The monoisotopic (exact) mass is 207 g/mol. The van der Waals surface area contributed by atoms with Crippen molar-refractivity contribution >= 4 is 27.4 Å². The second-order valence-corrected chi connectivity index (χ2v) is 4.23. The molecule has 1 N–H and O–H groups in total. The fraction of sp³-hybridized carbons (Fsp3) is 0.400. The minimum absolute atomic E-state index is 0.454. The lowest BCUT2D eigenvalue weighted by Gasteiger charge is -2.11. The van der Waals surface area contributed by atoms with E-state index >= 15 is 0 Å². The van der Waals surface area contributed by atoms with Crippen LogP contribution in [0.3, 0.4) is 0 Å². The van der Waals surface area contributed by atoms with Crippen LogP contribution in [0.15, 0.2) is 17.8 Å². The van der Waals surface area contributed by atoms with Crippen molar-refractivity contribution in [1.29, 1.82) is 0 Å². The van der Waals surface area contributed by atoms with E-state index in [1.165, 1.54) is 0 Å². The van der Waals surface area contributed by atoms with E-state index in [0.29, 0.717) is 6.04 Å². The first-order chi connectivity index (χ1) is 6.81.